The Bertz CT molecular complexity index is 526. The molecule has 7 nitrogen and oxygen atoms in total. The van der Waals surface area contributed by atoms with Gasteiger partial charge >= 0.3 is 16.3 Å². The van der Waals surface area contributed by atoms with E-state index in [0.29, 0.717) is 9.88 Å². The van der Waals surface area contributed by atoms with E-state index in [9.17, 15) is 18.4 Å². The van der Waals surface area contributed by atoms with Crippen LogP contribution in [0.2, 0.25) is 0 Å². The Labute approximate surface area is 112 Å². The molecule has 1 rings (SSSR count). The van der Waals surface area contributed by atoms with Crippen molar-refractivity contribution in [3.05, 3.63) is 41.9 Å². The molecule has 0 aromatic rings. The fourth-order valence-corrected chi connectivity index (χ4v) is 2.01. The van der Waals surface area contributed by atoms with Crippen molar-refractivity contribution in [2.75, 3.05) is 0 Å². The lowest BCUT2D eigenvalue weighted by Gasteiger charge is -2.27. The normalized spacial score (nSPS) is 17.5. The first-order chi connectivity index (χ1) is 8.54. The zero-order chi connectivity index (χ0) is 14.8. The van der Waals surface area contributed by atoms with Crippen molar-refractivity contribution < 1.29 is 22.4 Å². The molecule has 0 aromatic carbocycles. The number of quaternary nitrogens is 1. The van der Waals surface area contributed by atoms with Gasteiger partial charge in [0.2, 0.25) is 0 Å². The van der Waals surface area contributed by atoms with Gasteiger partial charge in [0.1, 0.15) is 5.60 Å². The maximum absolute atomic E-state index is 11.9. The first kappa shape index (κ1) is 15.4. The number of hydrogen-bond acceptors (Lipinski definition) is 5. The second-order valence-electron chi connectivity index (χ2n) is 4.83. The van der Waals surface area contributed by atoms with Crippen LogP contribution in [0.25, 0.3) is 0 Å². The van der Waals surface area contributed by atoms with Gasteiger partial charge in [-0.25, -0.2) is 4.31 Å². The molecule has 0 spiro atoms. The van der Waals surface area contributed by atoms with Gasteiger partial charge in [0.05, 0.1) is 0 Å². The van der Waals surface area contributed by atoms with Crippen LogP contribution < -0.4 is 4.47 Å². The molecular weight excluding hydrogens is 272 g/mol. The average Bonchev–Trinajstić information content (AvgIpc) is 2.26. The molecule has 106 valence electrons. The Morgan fingerprint density at radius 2 is 1.84 bits per heavy atom. The molecule has 8 heteroatoms. The second kappa shape index (κ2) is 5.16. The van der Waals surface area contributed by atoms with Gasteiger partial charge in [0.15, 0.2) is 0 Å². The van der Waals surface area contributed by atoms with Crippen LogP contribution >= 0.6 is 0 Å². The summed E-state index contributed by atoms with van der Waals surface area (Å²) in [6.07, 6.45) is 3.68. The number of nitrogens with one attached hydrogen (secondary N) is 1. The highest BCUT2D eigenvalue weighted by Gasteiger charge is 2.34. The highest BCUT2D eigenvalue weighted by Crippen LogP contribution is 2.10. The third-order valence-corrected chi connectivity index (χ3v) is 3.38. The number of hydrogen-bond donors (Lipinski definition) is 1. The van der Waals surface area contributed by atoms with E-state index in [1.54, 1.807) is 0 Å². The van der Waals surface area contributed by atoms with Crippen molar-refractivity contribution in [2.45, 2.75) is 26.4 Å². The highest BCUT2D eigenvalue weighted by atomic mass is 32.2. The van der Waals surface area contributed by atoms with E-state index in [1.165, 1.54) is 32.9 Å². The molecule has 0 saturated heterocycles. The average molecular weight is 288 g/mol. The Hall–Kier alpha value is -1.64. The summed E-state index contributed by atoms with van der Waals surface area (Å²) in [4.78, 5) is 11.5. The van der Waals surface area contributed by atoms with Gasteiger partial charge < -0.3 is 9.94 Å². The molecule has 0 aromatic heterocycles. The quantitative estimate of drug-likeness (QED) is 0.745. The smallest absolute Gasteiger partial charge is 0.532 e. The molecule has 0 aliphatic carbocycles. The molecule has 19 heavy (non-hydrogen) atoms. The number of nitrogens with zero attached hydrogens (tertiary/aromatic N) is 1. The SMILES string of the molecule is C=C1C=CN(S(=O)(=O)[NH+]([O-])C(=O)OC(C)(C)C)C=C1. The number of carbonyl (C=O) groups excluding carboxylic acids is 1. The summed E-state index contributed by atoms with van der Waals surface area (Å²) in [6, 6.07) is 0. The monoisotopic (exact) mass is 288 g/mol. The minimum absolute atomic E-state index is 0.580. The van der Waals surface area contributed by atoms with Crippen LogP contribution in [0.15, 0.2) is 36.7 Å². The summed E-state index contributed by atoms with van der Waals surface area (Å²) in [5.41, 5.74) is -0.361. The fourth-order valence-electron chi connectivity index (χ4n) is 1.12. The molecule has 0 bridgehead atoms. The third-order valence-electron chi connectivity index (χ3n) is 1.95. The molecule has 1 amide bonds. The van der Waals surface area contributed by atoms with Crippen molar-refractivity contribution in [3.63, 3.8) is 0 Å². The number of carbonyl (C=O) groups is 1. The van der Waals surface area contributed by atoms with Gasteiger partial charge in [-0.1, -0.05) is 6.58 Å². The molecular formula is C11H16N2O5S. The van der Waals surface area contributed by atoms with Crippen molar-refractivity contribution in [2.24, 2.45) is 0 Å². The predicted octanol–water partition coefficient (Wildman–Crippen LogP) is 0.448. The van der Waals surface area contributed by atoms with Crippen LogP contribution in [-0.2, 0) is 14.9 Å². The molecule has 0 radical (unpaired) electrons. The van der Waals surface area contributed by atoms with Gasteiger partial charge in [0, 0.05) is 12.4 Å². The summed E-state index contributed by atoms with van der Waals surface area (Å²) < 4.78 is 27.5. The Morgan fingerprint density at radius 1 is 1.37 bits per heavy atom. The number of ether oxygens (including phenoxy) is 1. The molecule has 0 saturated carbocycles. The first-order valence-corrected chi connectivity index (χ1v) is 6.84. The van der Waals surface area contributed by atoms with Crippen LogP contribution in [0.4, 0.5) is 4.79 Å². The Morgan fingerprint density at radius 3 is 2.26 bits per heavy atom. The Kier molecular flexibility index (Phi) is 4.18. The first-order valence-electron chi connectivity index (χ1n) is 5.40. The van der Waals surface area contributed by atoms with E-state index in [2.05, 4.69) is 6.58 Å². The standard InChI is InChI=1S/C11H16N2O5S/c1-9-5-7-12(8-6-9)19(16,17)13(15)10(14)18-11(2,3)4/h5-8,13H,1H2,2-4H3. The number of amides is 1. The van der Waals surface area contributed by atoms with Gasteiger partial charge in [-0.05, 0) is 38.5 Å². The minimum Gasteiger partial charge on any atom is -0.606 e. The predicted molar refractivity (Wildman–Crippen MR) is 68.7 cm³/mol. The van der Waals surface area contributed by atoms with Crippen LogP contribution in [-0.4, -0.2) is 24.4 Å². The van der Waals surface area contributed by atoms with Crippen molar-refractivity contribution in [3.8, 4) is 0 Å². The maximum atomic E-state index is 11.9. The van der Waals surface area contributed by atoms with E-state index in [-0.39, 0.29) is 0 Å². The Balaban J connectivity index is 2.89. The van der Waals surface area contributed by atoms with E-state index in [1.807, 2.05) is 0 Å². The minimum atomic E-state index is -4.45. The number of rotatable bonds is 2. The molecule has 1 unspecified atom stereocenters. The fraction of sp³-hybridized carbons (Fsp3) is 0.364. The molecule has 1 aliphatic heterocycles. The number of allylic oxidation sites excluding steroid dienone is 3. The number of hydroxylamine groups is 1. The maximum Gasteiger partial charge on any atom is 0.532 e. The van der Waals surface area contributed by atoms with Gasteiger partial charge in [-0.3, -0.25) is 0 Å². The molecule has 1 atom stereocenters. The zero-order valence-electron chi connectivity index (χ0n) is 10.9. The van der Waals surface area contributed by atoms with Gasteiger partial charge in [-0.15, -0.1) is 4.47 Å². The zero-order valence-corrected chi connectivity index (χ0v) is 11.7. The second-order valence-corrected chi connectivity index (χ2v) is 6.57. The van der Waals surface area contributed by atoms with Gasteiger partial charge in [0.25, 0.3) is 0 Å². The van der Waals surface area contributed by atoms with Crippen LogP contribution in [0.3, 0.4) is 0 Å². The third kappa shape index (κ3) is 3.91. The van der Waals surface area contributed by atoms with E-state index in [0.717, 1.165) is 12.4 Å². The summed E-state index contributed by atoms with van der Waals surface area (Å²) >= 11 is 0. The van der Waals surface area contributed by atoms with E-state index in [4.69, 9.17) is 4.74 Å². The largest absolute Gasteiger partial charge is 0.606 e. The summed E-state index contributed by atoms with van der Waals surface area (Å²) in [5, 5.41) is 11.6. The van der Waals surface area contributed by atoms with Crippen molar-refractivity contribution >= 4 is 16.3 Å². The highest BCUT2D eigenvalue weighted by molar-refractivity contribution is 7.83. The molecule has 1 heterocycles. The molecule has 1 N–H and O–H groups in total. The summed E-state index contributed by atoms with van der Waals surface area (Å²) in [5.74, 6) is 0. The van der Waals surface area contributed by atoms with E-state index < -0.39 is 26.4 Å². The molecule has 1 aliphatic rings. The topological polar surface area (TPSA) is 91.2 Å². The summed E-state index contributed by atoms with van der Waals surface area (Å²) in [7, 11) is -4.45. The van der Waals surface area contributed by atoms with E-state index >= 15 is 0 Å². The van der Waals surface area contributed by atoms with Crippen LogP contribution in [0.5, 0.6) is 0 Å². The lowest BCUT2D eigenvalue weighted by Crippen LogP contribution is -3.13. The van der Waals surface area contributed by atoms with Crippen molar-refractivity contribution in [1.29, 1.82) is 0 Å². The molecule has 0 fully saturated rings. The van der Waals surface area contributed by atoms with Crippen molar-refractivity contribution in [1.82, 2.24) is 4.31 Å². The lowest BCUT2D eigenvalue weighted by atomic mass is 10.2. The van der Waals surface area contributed by atoms with Gasteiger partial charge in [-0.2, -0.15) is 13.2 Å². The lowest BCUT2D eigenvalue weighted by molar-refractivity contribution is -0.626. The van der Waals surface area contributed by atoms with Crippen LogP contribution in [0.1, 0.15) is 20.8 Å². The van der Waals surface area contributed by atoms with Crippen LogP contribution in [0, 0.1) is 5.21 Å². The summed E-state index contributed by atoms with van der Waals surface area (Å²) in [6.45, 7) is 8.20.